The molecule has 0 atom stereocenters. The lowest BCUT2D eigenvalue weighted by Crippen LogP contribution is -1.94. The Bertz CT molecular complexity index is 607. The summed E-state index contributed by atoms with van der Waals surface area (Å²) in [6.45, 7) is 0. The minimum atomic E-state index is -0.561. The first-order valence-corrected chi connectivity index (χ1v) is 5.96. The Kier molecular flexibility index (Phi) is 3.78. The SMILES string of the molecule is O=[N+]([O-])c1cnccc1Oc1cc(Br)ccc1Cl. The van der Waals surface area contributed by atoms with Crippen LogP contribution in [0.1, 0.15) is 0 Å². The van der Waals surface area contributed by atoms with Crippen LogP contribution in [0.3, 0.4) is 0 Å². The molecule has 1 heterocycles. The number of benzene rings is 1. The van der Waals surface area contributed by atoms with Crippen LogP contribution in [-0.4, -0.2) is 9.91 Å². The Morgan fingerprint density at radius 1 is 1.33 bits per heavy atom. The van der Waals surface area contributed by atoms with Gasteiger partial charge in [0.25, 0.3) is 0 Å². The van der Waals surface area contributed by atoms with Gasteiger partial charge >= 0.3 is 5.69 Å². The second kappa shape index (κ2) is 5.32. The van der Waals surface area contributed by atoms with Crippen molar-refractivity contribution in [2.24, 2.45) is 0 Å². The molecular formula is C11H6BrClN2O3. The van der Waals surface area contributed by atoms with Crippen molar-refractivity contribution in [1.82, 2.24) is 4.98 Å². The van der Waals surface area contributed by atoms with E-state index >= 15 is 0 Å². The van der Waals surface area contributed by atoms with E-state index in [1.165, 1.54) is 12.3 Å². The molecule has 0 saturated heterocycles. The normalized spacial score (nSPS) is 10.1. The summed E-state index contributed by atoms with van der Waals surface area (Å²) in [5.74, 6) is 0.426. The Balaban J connectivity index is 2.40. The average Bonchev–Trinajstić information content (AvgIpc) is 2.34. The number of hydrogen-bond acceptors (Lipinski definition) is 4. The molecule has 1 aromatic carbocycles. The molecule has 0 aliphatic rings. The van der Waals surface area contributed by atoms with Gasteiger partial charge in [0.05, 0.1) is 9.95 Å². The maximum atomic E-state index is 10.8. The predicted octanol–water partition coefficient (Wildman–Crippen LogP) is 4.20. The van der Waals surface area contributed by atoms with Crippen molar-refractivity contribution < 1.29 is 9.66 Å². The van der Waals surface area contributed by atoms with Crippen LogP contribution in [0.25, 0.3) is 0 Å². The van der Waals surface area contributed by atoms with E-state index in [-0.39, 0.29) is 11.4 Å². The molecule has 0 bridgehead atoms. The molecule has 0 unspecified atom stereocenters. The summed E-state index contributed by atoms with van der Waals surface area (Å²) < 4.78 is 6.20. The quantitative estimate of drug-likeness (QED) is 0.625. The summed E-state index contributed by atoms with van der Waals surface area (Å²) in [7, 11) is 0. The van der Waals surface area contributed by atoms with Crippen molar-refractivity contribution in [2.75, 3.05) is 0 Å². The molecule has 0 N–H and O–H groups in total. The molecule has 7 heteroatoms. The molecule has 0 saturated carbocycles. The summed E-state index contributed by atoms with van der Waals surface area (Å²) in [6.07, 6.45) is 2.54. The first kappa shape index (κ1) is 12.8. The van der Waals surface area contributed by atoms with Gasteiger partial charge in [-0.15, -0.1) is 0 Å². The zero-order chi connectivity index (χ0) is 13.1. The molecule has 92 valence electrons. The fourth-order valence-electron chi connectivity index (χ4n) is 1.27. The lowest BCUT2D eigenvalue weighted by molar-refractivity contribution is -0.386. The van der Waals surface area contributed by atoms with Gasteiger partial charge in [0.15, 0.2) is 0 Å². The fourth-order valence-corrected chi connectivity index (χ4v) is 1.77. The first-order valence-electron chi connectivity index (χ1n) is 4.79. The standard InChI is InChI=1S/C11H6BrClN2O3/c12-7-1-2-8(13)11(5-7)18-10-3-4-14-6-9(10)15(16)17/h1-6H. The topological polar surface area (TPSA) is 65.3 Å². The number of aromatic nitrogens is 1. The Hall–Kier alpha value is -1.66. The van der Waals surface area contributed by atoms with E-state index in [4.69, 9.17) is 16.3 Å². The first-order chi connectivity index (χ1) is 8.58. The molecule has 0 aliphatic carbocycles. The monoisotopic (exact) mass is 328 g/mol. The molecule has 0 radical (unpaired) electrons. The van der Waals surface area contributed by atoms with Crippen molar-refractivity contribution in [2.45, 2.75) is 0 Å². The third-order valence-corrected chi connectivity index (χ3v) is 2.88. The summed E-state index contributed by atoms with van der Waals surface area (Å²) in [6, 6.07) is 6.42. The zero-order valence-corrected chi connectivity index (χ0v) is 11.2. The molecule has 2 aromatic rings. The number of pyridine rings is 1. The van der Waals surface area contributed by atoms with Crippen LogP contribution in [0.4, 0.5) is 5.69 Å². The molecule has 5 nitrogen and oxygen atoms in total. The predicted molar refractivity (Wildman–Crippen MR) is 70.1 cm³/mol. The van der Waals surface area contributed by atoms with E-state index in [0.717, 1.165) is 10.7 Å². The largest absolute Gasteiger partial charge is 0.448 e. The van der Waals surface area contributed by atoms with Gasteiger partial charge in [-0.2, -0.15) is 0 Å². The van der Waals surface area contributed by atoms with Gasteiger partial charge in [0.2, 0.25) is 5.75 Å². The van der Waals surface area contributed by atoms with E-state index < -0.39 is 4.92 Å². The van der Waals surface area contributed by atoms with Crippen molar-refractivity contribution >= 4 is 33.2 Å². The van der Waals surface area contributed by atoms with E-state index in [1.54, 1.807) is 18.2 Å². The number of nitro groups is 1. The lowest BCUT2D eigenvalue weighted by Gasteiger charge is -2.07. The van der Waals surface area contributed by atoms with Crippen molar-refractivity contribution in [3.05, 3.63) is 56.3 Å². The highest BCUT2D eigenvalue weighted by Crippen LogP contribution is 2.35. The van der Waals surface area contributed by atoms with Crippen LogP contribution in [-0.2, 0) is 0 Å². The Labute approximate surface area is 116 Å². The Morgan fingerprint density at radius 2 is 2.11 bits per heavy atom. The summed E-state index contributed by atoms with van der Waals surface area (Å²) in [4.78, 5) is 13.9. The molecule has 0 spiro atoms. The highest BCUT2D eigenvalue weighted by Gasteiger charge is 2.16. The third kappa shape index (κ3) is 2.77. The second-order valence-electron chi connectivity index (χ2n) is 3.28. The maximum absolute atomic E-state index is 10.8. The number of nitrogens with zero attached hydrogens (tertiary/aromatic N) is 2. The van der Waals surface area contributed by atoms with E-state index in [1.807, 2.05) is 0 Å². The van der Waals surface area contributed by atoms with Gasteiger partial charge < -0.3 is 4.74 Å². The highest BCUT2D eigenvalue weighted by atomic mass is 79.9. The van der Waals surface area contributed by atoms with Crippen molar-refractivity contribution in [1.29, 1.82) is 0 Å². The van der Waals surface area contributed by atoms with Crippen molar-refractivity contribution in [3.8, 4) is 11.5 Å². The molecule has 0 aliphatic heterocycles. The van der Waals surface area contributed by atoms with Gasteiger partial charge in [0.1, 0.15) is 11.9 Å². The van der Waals surface area contributed by atoms with Crippen LogP contribution in [0.2, 0.25) is 5.02 Å². The van der Waals surface area contributed by atoms with Crippen LogP contribution in [0.5, 0.6) is 11.5 Å². The fraction of sp³-hybridized carbons (Fsp3) is 0. The van der Waals surface area contributed by atoms with Gasteiger partial charge in [-0.25, -0.2) is 0 Å². The van der Waals surface area contributed by atoms with E-state index in [2.05, 4.69) is 20.9 Å². The smallest absolute Gasteiger partial charge is 0.329 e. The maximum Gasteiger partial charge on any atom is 0.329 e. The van der Waals surface area contributed by atoms with Gasteiger partial charge in [-0.05, 0) is 18.2 Å². The van der Waals surface area contributed by atoms with Gasteiger partial charge in [-0.3, -0.25) is 15.1 Å². The summed E-state index contributed by atoms with van der Waals surface area (Å²) in [5, 5.41) is 11.2. The molecule has 18 heavy (non-hydrogen) atoms. The molecule has 1 aromatic heterocycles. The second-order valence-corrected chi connectivity index (χ2v) is 4.60. The highest BCUT2D eigenvalue weighted by molar-refractivity contribution is 9.10. The lowest BCUT2D eigenvalue weighted by atomic mass is 10.3. The Morgan fingerprint density at radius 3 is 2.83 bits per heavy atom. The minimum Gasteiger partial charge on any atom is -0.448 e. The molecule has 0 fully saturated rings. The number of hydrogen-bond donors (Lipinski definition) is 0. The third-order valence-electron chi connectivity index (χ3n) is 2.07. The minimum absolute atomic E-state index is 0.0926. The van der Waals surface area contributed by atoms with Crippen molar-refractivity contribution in [3.63, 3.8) is 0 Å². The van der Waals surface area contributed by atoms with Crippen LogP contribution < -0.4 is 4.74 Å². The van der Waals surface area contributed by atoms with Crippen LogP contribution in [0, 0.1) is 10.1 Å². The van der Waals surface area contributed by atoms with E-state index in [9.17, 15) is 10.1 Å². The number of halogens is 2. The average molecular weight is 330 g/mol. The van der Waals surface area contributed by atoms with Crippen LogP contribution >= 0.6 is 27.5 Å². The summed E-state index contributed by atoms with van der Waals surface area (Å²) in [5.41, 5.74) is -0.214. The number of rotatable bonds is 3. The molecule has 0 amide bonds. The van der Waals surface area contributed by atoms with E-state index in [0.29, 0.717) is 10.8 Å². The molecule has 2 rings (SSSR count). The number of ether oxygens (including phenoxy) is 1. The van der Waals surface area contributed by atoms with Gasteiger partial charge in [0, 0.05) is 16.7 Å². The van der Waals surface area contributed by atoms with Gasteiger partial charge in [-0.1, -0.05) is 27.5 Å². The zero-order valence-electron chi connectivity index (χ0n) is 8.84. The molecular weight excluding hydrogens is 323 g/mol. The summed E-state index contributed by atoms with van der Waals surface area (Å²) >= 11 is 9.22. The van der Waals surface area contributed by atoms with Crippen LogP contribution in [0.15, 0.2) is 41.1 Å².